The fourth-order valence-corrected chi connectivity index (χ4v) is 2.78. The second-order valence-electron chi connectivity index (χ2n) is 6.69. The quantitative estimate of drug-likeness (QED) is 0.0967. The van der Waals surface area contributed by atoms with Crippen molar-refractivity contribution in [3.8, 4) is 0 Å². The maximum atomic E-state index is 8.25. The summed E-state index contributed by atoms with van der Waals surface area (Å²) in [6, 6.07) is 16.4. The molecule has 6 N–H and O–H groups in total. The molecule has 0 fully saturated rings. The third-order valence-corrected chi connectivity index (χ3v) is 4.30. The van der Waals surface area contributed by atoms with Crippen molar-refractivity contribution in [3.63, 3.8) is 0 Å². The Bertz CT molecular complexity index is 1010. The number of hydrogen-bond donors (Lipinski definition) is 4. The summed E-state index contributed by atoms with van der Waals surface area (Å²) in [5.41, 5.74) is 12.9. The normalized spacial score (nSPS) is 9.11. The zero-order valence-corrected chi connectivity index (χ0v) is 22.1. The van der Waals surface area contributed by atoms with E-state index in [1.165, 1.54) is 0 Å². The molecule has 0 saturated carbocycles. The first-order chi connectivity index (χ1) is 16.6. The summed E-state index contributed by atoms with van der Waals surface area (Å²) in [5, 5.41) is 43.2. The minimum absolute atomic E-state index is 0. The number of para-hydroxylation sites is 2. The van der Waals surface area contributed by atoms with Crippen LogP contribution in [0.4, 0.5) is 5.69 Å². The van der Waals surface area contributed by atoms with Crippen molar-refractivity contribution >= 4 is 33.3 Å². The zero-order valence-electron chi connectivity index (χ0n) is 19.9. The van der Waals surface area contributed by atoms with E-state index in [0.717, 1.165) is 47.0 Å². The molecule has 2 aromatic carbocycles. The second-order valence-corrected chi connectivity index (χ2v) is 6.69. The van der Waals surface area contributed by atoms with E-state index in [1.807, 2.05) is 55.3 Å². The van der Waals surface area contributed by atoms with Gasteiger partial charge in [0.1, 0.15) is 0 Å². The van der Waals surface area contributed by atoms with E-state index in [1.54, 1.807) is 0 Å². The van der Waals surface area contributed by atoms with Gasteiger partial charge in [-0.3, -0.25) is 5.41 Å². The van der Waals surface area contributed by atoms with Crippen molar-refractivity contribution in [1.29, 1.82) is 5.41 Å². The molecule has 0 aliphatic heterocycles. The third kappa shape index (κ3) is 13.9. The topological polar surface area (TPSA) is 236 Å². The third-order valence-electron chi connectivity index (χ3n) is 4.30. The van der Waals surface area contributed by atoms with Gasteiger partial charge in [0.25, 0.3) is 0 Å². The molecule has 0 amide bonds. The number of rotatable bonds is 6. The van der Waals surface area contributed by atoms with Crippen molar-refractivity contribution in [2.75, 3.05) is 38.5 Å². The number of nitrogens with zero attached hydrogens (tertiary/aromatic N) is 4. The molecule has 1 aromatic heterocycles. The molecule has 200 valence electrons. The number of fused-ring (bicyclic) bond motifs is 2. The summed E-state index contributed by atoms with van der Waals surface area (Å²) in [7, 11) is 1.97. The van der Waals surface area contributed by atoms with E-state index in [9.17, 15) is 0 Å². The van der Waals surface area contributed by atoms with Gasteiger partial charge < -0.3 is 52.3 Å². The summed E-state index contributed by atoms with van der Waals surface area (Å²) in [6.45, 7) is 4.80. The van der Waals surface area contributed by atoms with Gasteiger partial charge in [0, 0.05) is 50.4 Å². The van der Waals surface area contributed by atoms with Gasteiger partial charge in [0.2, 0.25) is 0 Å². The number of likely N-dealkylation sites (N-methyl/N-ethyl adjacent to an activating group) is 1. The minimum atomic E-state index is -1.75. The van der Waals surface area contributed by atoms with Crippen LogP contribution in [0.3, 0.4) is 0 Å². The monoisotopic (exact) mass is 685 g/mol. The van der Waals surface area contributed by atoms with Crippen LogP contribution in [0.1, 0.15) is 13.3 Å². The molecular weight excluding hydrogens is 655 g/mol. The second kappa shape index (κ2) is 19.7. The molecule has 0 aliphatic carbocycles. The number of benzene rings is 2. The Labute approximate surface area is 222 Å². The number of pyridine rings is 1. The van der Waals surface area contributed by atoms with E-state index >= 15 is 0 Å². The Kier molecular flexibility index (Phi) is 18.9. The standard InChI is InChI=1S/C19H22N4.C2H8N2.2NO3.Pt/c1-3-18(20)23(2)13-12-21-19-14-8-4-6-10-16(14)22-17-11-7-5-9-15(17)19;3-1-2-4;2*2-1(3)4;/h4-11,20H,3,12-13H2,1-2H3,(H,21,22);1-4H2;;;/q;;2*-1;+2. The number of nitrogens with one attached hydrogen (secondary N) is 2. The molecule has 0 spiro atoms. The summed E-state index contributed by atoms with van der Waals surface area (Å²) in [5.74, 6) is 0.663. The molecule has 0 atom stereocenters. The van der Waals surface area contributed by atoms with Crippen LogP contribution < -0.4 is 16.8 Å². The number of amidine groups is 1. The van der Waals surface area contributed by atoms with Crippen molar-refractivity contribution < 1.29 is 31.2 Å². The van der Waals surface area contributed by atoms with Crippen LogP contribution in [0.25, 0.3) is 21.8 Å². The van der Waals surface area contributed by atoms with E-state index in [-0.39, 0.29) is 21.1 Å². The smallest absolute Gasteiger partial charge is 0.382 e. The van der Waals surface area contributed by atoms with Gasteiger partial charge in [0.05, 0.1) is 32.7 Å². The first-order valence-corrected chi connectivity index (χ1v) is 10.4. The number of anilines is 1. The average Bonchev–Trinajstić information content (AvgIpc) is 2.82. The molecule has 36 heavy (non-hydrogen) atoms. The van der Waals surface area contributed by atoms with Crippen molar-refractivity contribution in [2.24, 2.45) is 11.5 Å². The number of hydrogen-bond acceptors (Lipinski definition) is 11. The van der Waals surface area contributed by atoms with Gasteiger partial charge in [-0.1, -0.05) is 43.3 Å². The molecule has 3 rings (SSSR count). The summed E-state index contributed by atoms with van der Waals surface area (Å²) in [6.07, 6.45) is 0.762. The maximum Gasteiger partial charge on any atom is 2.00 e. The van der Waals surface area contributed by atoms with Crippen molar-refractivity contribution in [3.05, 3.63) is 79.2 Å². The van der Waals surface area contributed by atoms with Crippen LogP contribution in [0.5, 0.6) is 0 Å². The van der Waals surface area contributed by atoms with Crippen LogP contribution in [-0.4, -0.2) is 59.1 Å². The minimum Gasteiger partial charge on any atom is -0.382 e. The SMILES string of the molecule is CCC(=N)N(C)CCNc1c2ccccc2nc2ccccc12.NCCN.O=[N+]([O-])[O-].O=[N+]([O-])[O-].[Pt+2]. The van der Waals surface area contributed by atoms with Crippen LogP contribution in [-0.2, 0) is 21.1 Å². The van der Waals surface area contributed by atoms with Crippen molar-refractivity contribution in [2.45, 2.75) is 13.3 Å². The van der Waals surface area contributed by atoms with Crippen LogP contribution in [0.2, 0.25) is 0 Å². The molecular formula is C21H30N8O6Pt. The molecule has 0 aliphatic rings. The van der Waals surface area contributed by atoms with E-state index in [4.69, 9.17) is 52.5 Å². The number of nitrogens with two attached hydrogens (primary N) is 2. The van der Waals surface area contributed by atoms with Crippen LogP contribution in [0, 0.1) is 36.1 Å². The molecule has 0 radical (unpaired) electrons. The molecule has 3 aromatic rings. The molecule has 14 nitrogen and oxygen atoms in total. The first-order valence-electron chi connectivity index (χ1n) is 10.4. The Balaban J connectivity index is 0. The largest absolute Gasteiger partial charge is 2.00 e. The fourth-order valence-electron chi connectivity index (χ4n) is 2.78. The van der Waals surface area contributed by atoms with E-state index < -0.39 is 10.2 Å². The van der Waals surface area contributed by atoms with Crippen LogP contribution >= 0.6 is 0 Å². The van der Waals surface area contributed by atoms with Gasteiger partial charge in [0.15, 0.2) is 0 Å². The Morgan fingerprint density at radius 1 is 0.944 bits per heavy atom. The van der Waals surface area contributed by atoms with Gasteiger partial charge in [-0.25, -0.2) is 4.98 Å². The molecule has 0 saturated heterocycles. The van der Waals surface area contributed by atoms with Gasteiger partial charge >= 0.3 is 21.1 Å². The Hall–Kier alpha value is -3.61. The van der Waals surface area contributed by atoms with E-state index in [2.05, 4.69) is 17.4 Å². The molecule has 15 heteroatoms. The van der Waals surface area contributed by atoms with Gasteiger partial charge in [-0.2, -0.15) is 0 Å². The zero-order chi connectivity index (χ0) is 26.8. The fraction of sp³-hybridized carbons (Fsp3) is 0.333. The van der Waals surface area contributed by atoms with Crippen LogP contribution in [0.15, 0.2) is 48.5 Å². The summed E-state index contributed by atoms with van der Waals surface area (Å²) in [4.78, 5) is 23.2. The predicted octanol–water partition coefficient (Wildman–Crippen LogP) is 2.54. The molecule has 0 bridgehead atoms. The van der Waals surface area contributed by atoms with Gasteiger partial charge in [-0.05, 0) is 12.1 Å². The molecule has 1 heterocycles. The Morgan fingerprint density at radius 3 is 1.69 bits per heavy atom. The predicted molar refractivity (Wildman–Crippen MR) is 137 cm³/mol. The first kappa shape index (κ1) is 34.6. The van der Waals surface area contributed by atoms with E-state index in [0.29, 0.717) is 18.9 Å². The summed E-state index contributed by atoms with van der Waals surface area (Å²) < 4.78 is 0. The Morgan fingerprint density at radius 2 is 1.33 bits per heavy atom. The van der Waals surface area contributed by atoms with Gasteiger partial charge in [-0.15, -0.1) is 0 Å². The average molecular weight is 686 g/mol. The number of aromatic nitrogens is 1. The maximum absolute atomic E-state index is 8.25. The molecule has 0 unspecified atom stereocenters. The summed E-state index contributed by atoms with van der Waals surface area (Å²) >= 11 is 0. The van der Waals surface area contributed by atoms with Crippen molar-refractivity contribution in [1.82, 2.24) is 9.88 Å².